The molecule has 1 N–H and O–H groups in total. The number of aryl methyl sites for hydroxylation is 1. The van der Waals surface area contributed by atoms with E-state index in [1.807, 2.05) is 0 Å². The van der Waals surface area contributed by atoms with E-state index in [-0.39, 0.29) is 17.7 Å². The average molecular weight is 263 g/mol. The molecule has 6 nitrogen and oxygen atoms in total. The predicted molar refractivity (Wildman–Crippen MR) is 67.4 cm³/mol. The van der Waals surface area contributed by atoms with Crippen LogP contribution in [-0.4, -0.2) is 16.1 Å². The van der Waals surface area contributed by atoms with E-state index in [9.17, 15) is 4.79 Å². The van der Waals surface area contributed by atoms with Gasteiger partial charge in [-0.3, -0.25) is 4.79 Å². The van der Waals surface area contributed by atoms with Crippen LogP contribution in [0.1, 0.15) is 48.6 Å². The van der Waals surface area contributed by atoms with Crippen molar-refractivity contribution in [2.75, 3.05) is 0 Å². The van der Waals surface area contributed by atoms with Gasteiger partial charge in [0.2, 0.25) is 11.8 Å². The second kappa shape index (κ2) is 5.69. The molecule has 2 aromatic heterocycles. The van der Waals surface area contributed by atoms with Crippen LogP contribution in [0, 0.1) is 12.8 Å². The maximum Gasteiger partial charge on any atom is 0.287 e. The SMILES string of the molecule is Cc1nnc(C(CC(C)C)NC(=O)c2ccco2)o1. The Morgan fingerprint density at radius 1 is 1.42 bits per heavy atom. The monoisotopic (exact) mass is 263 g/mol. The fourth-order valence-corrected chi connectivity index (χ4v) is 1.78. The van der Waals surface area contributed by atoms with Gasteiger partial charge < -0.3 is 14.2 Å². The molecular formula is C13H17N3O3. The molecule has 0 bridgehead atoms. The number of aromatic nitrogens is 2. The number of hydrogen-bond donors (Lipinski definition) is 1. The zero-order valence-corrected chi connectivity index (χ0v) is 11.2. The zero-order chi connectivity index (χ0) is 13.8. The zero-order valence-electron chi connectivity index (χ0n) is 11.2. The fraction of sp³-hybridized carbons (Fsp3) is 0.462. The first-order chi connectivity index (χ1) is 9.06. The van der Waals surface area contributed by atoms with E-state index in [1.54, 1.807) is 19.1 Å². The molecule has 2 rings (SSSR count). The van der Waals surface area contributed by atoms with Gasteiger partial charge >= 0.3 is 0 Å². The maximum absolute atomic E-state index is 12.0. The molecule has 1 unspecified atom stereocenters. The molecule has 1 atom stereocenters. The van der Waals surface area contributed by atoms with E-state index in [0.29, 0.717) is 24.1 Å². The van der Waals surface area contributed by atoms with Gasteiger partial charge in [0.05, 0.1) is 6.26 Å². The standard InChI is InChI=1S/C13H17N3O3/c1-8(2)7-10(13-16-15-9(3)19-13)14-12(17)11-5-4-6-18-11/h4-6,8,10H,7H2,1-3H3,(H,14,17). The fourth-order valence-electron chi connectivity index (χ4n) is 1.78. The molecule has 2 aromatic rings. The summed E-state index contributed by atoms with van der Waals surface area (Å²) in [5, 5.41) is 10.6. The number of rotatable bonds is 5. The highest BCUT2D eigenvalue weighted by Crippen LogP contribution is 2.20. The van der Waals surface area contributed by atoms with Crippen LogP contribution in [0.2, 0.25) is 0 Å². The van der Waals surface area contributed by atoms with E-state index in [4.69, 9.17) is 8.83 Å². The van der Waals surface area contributed by atoms with Gasteiger partial charge in [0.15, 0.2) is 5.76 Å². The van der Waals surface area contributed by atoms with Gasteiger partial charge in [-0.25, -0.2) is 0 Å². The summed E-state index contributed by atoms with van der Waals surface area (Å²) >= 11 is 0. The molecule has 0 radical (unpaired) electrons. The second-order valence-corrected chi connectivity index (χ2v) is 4.79. The van der Waals surface area contributed by atoms with Crippen LogP contribution >= 0.6 is 0 Å². The first-order valence-corrected chi connectivity index (χ1v) is 6.20. The molecule has 0 spiro atoms. The van der Waals surface area contributed by atoms with E-state index in [1.165, 1.54) is 6.26 Å². The summed E-state index contributed by atoms with van der Waals surface area (Å²) in [5.41, 5.74) is 0. The first kappa shape index (κ1) is 13.3. The van der Waals surface area contributed by atoms with Crippen molar-refractivity contribution in [3.8, 4) is 0 Å². The summed E-state index contributed by atoms with van der Waals surface area (Å²) in [4.78, 5) is 12.0. The average Bonchev–Trinajstić information content (AvgIpc) is 2.97. The number of amides is 1. The molecule has 0 aromatic carbocycles. The van der Waals surface area contributed by atoms with Crippen LogP contribution < -0.4 is 5.32 Å². The highest BCUT2D eigenvalue weighted by atomic mass is 16.4. The minimum atomic E-state index is -0.307. The highest BCUT2D eigenvalue weighted by molar-refractivity contribution is 5.91. The van der Waals surface area contributed by atoms with Crippen molar-refractivity contribution >= 4 is 5.91 Å². The number of carbonyl (C=O) groups excluding carboxylic acids is 1. The van der Waals surface area contributed by atoms with Crippen molar-refractivity contribution in [2.24, 2.45) is 5.92 Å². The Kier molecular flexibility index (Phi) is 3.99. The number of nitrogens with zero attached hydrogens (tertiary/aromatic N) is 2. The lowest BCUT2D eigenvalue weighted by atomic mass is 10.0. The third kappa shape index (κ3) is 3.43. The van der Waals surface area contributed by atoms with Crippen LogP contribution in [-0.2, 0) is 0 Å². The molecule has 0 aliphatic rings. The third-order valence-electron chi connectivity index (χ3n) is 2.60. The Morgan fingerprint density at radius 3 is 2.74 bits per heavy atom. The normalized spacial score (nSPS) is 12.6. The molecule has 102 valence electrons. The van der Waals surface area contributed by atoms with Gasteiger partial charge in [-0.15, -0.1) is 10.2 Å². The second-order valence-electron chi connectivity index (χ2n) is 4.79. The smallest absolute Gasteiger partial charge is 0.287 e. The summed E-state index contributed by atoms with van der Waals surface area (Å²) in [6, 6.07) is 2.98. The van der Waals surface area contributed by atoms with Crippen molar-refractivity contribution in [1.82, 2.24) is 15.5 Å². The van der Waals surface area contributed by atoms with Crippen molar-refractivity contribution < 1.29 is 13.6 Å². The Bertz CT molecular complexity index is 531. The lowest BCUT2D eigenvalue weighted by Gasteiger charge is -2.16. The molecule has 0 aliphatic carbocycles. The van der Waals surface area contributed by atoms with E-state index < -0.39 is 0 Å². The van der Waals surface area contributed by atoms with Crippen molar-refractivity contribution in [2.45, 2.75) is 33.2 Å². The van der Waals surface area contributed by atoms with Crippen LogP contribution in [0.15, 0.2) is 27.2 Å². The lowest BCUT2D eigenvalue weighted by Crippen LogP contribution is -2.29. The van der Waals surface area contributed by atoms with Gasteiger partial charge in [0.1, 0.15) is 6.04 Å². The Hall–Kier alpha value is -2.11. The van der Waals surface area contributed by atoms with Gasteiger partial charge in [-0.1, -0.05) is 13.8 Å². The Labute approximate surface area is 111 Å². The van der Waals surface area contributed by atoms with Crippen LogP contribution in [0.25, 0.3) is 0 Å². The van der Waals surface area contributed by atoms with E-state index in [2.05, 4.69) is 29.4 Å². The first-order valence-electron chi connectivity index (χ1n) is 6.20. The minimum Gasteiger partial charge on any atom is -0.459 e. The summed E-state index contributed by atoms with van der Waals surface area (Å²) in [6.07, 6.45) is 2.18. The Balaban J connectivity index is 2.12. The van der Waals surface area contributed by atoms with Gasteiger partial charge in [-0.05, 0) is 24.5 Å². The Morgan fingerprint density at radius 2 is 2.21 bits per heavy atom. The van der Waals surface area contributed by atoms with Crippen molar-refractivity contribution in [1.29, 1.82) is 0 Å². The quantitative estimate of drug-likeness (QED) is 0.896. The highest BCUT2D eigenvalue weighted by Gasteiger charge is 2.23. The van der Waals surface area contributed by atoms with E-state index in [0.717, 1.165) is 0 Å². The molecule has 6 heteroatoms. The molecular weight excluding hydrogens is 246 g/mol. The minimum absolute atomic E-state index is 0.269. The van der Waals surface area contributed by atoms with Crippen LogP contribution in [0.3, 0.4) is 0 Å². The number of furan rings is 1. The molecule has 0 saturated carbocycles. The van der Waals surface area contributed by atoms with Crippen molar-refractivity contribution in [3.05, 3.63) is 35.9 Å². The number of hydrogen-bond acceptors (Lipinski definition) is 5. The summed E-state index contributed by atoms with van der Waals surface area (Å²) in [6.45, 7) is 5.85. The molecule has 0 aliphatic heterocycles. The predicted octanol–water partition coefficient (Wildman–Crippen LogP) is 2.49. The topological polar surface area (TPSA) is 81.2 Å². The van der Waals surface area contributed by atoms with Gasteiger partial charge in [0, 0.05) is 6.92 Å². The summed E-state index contributed by atoms with van der Waals surface area (Å²) in [5.74, 6) is 1.27. The molecule has 0 fully saturated rings. The van der Waals surface area contributed by atoms with Crippen LogP contribution in [0.4, 0.5) is 0 Å². The lowest BCUT2D eigenvalue weighted by molar-refractivity contribution is 0.0896. The van der Waals surface area contributed by atoms with Crippen LogP contribution in [0.5, 0.6) is 0 Å². The van der Waals surface area contributed by atoms with Gasteiger partial charge in [0.25, 0.3) is 5.91 Å². The largest absolute Gasteiger partial charge is 0.459 e. The summed E-state index contributed by atoms with van der Waals surface area (Å²) in [7, 11) is 0. The molecule has 2 heterocycles. The molecule has 0 saturated heterocycles. The van der Waals surface area contributed by atoms with Crippen molar-refractivity contribution in [3.63, 3.8) is 0 Å². The maximum atomic E-state index is 12.0. The van der Waals surface area contributed by atoms with E-state index >= 15 is 0 Å². The summed E-state index contributed by atoms with van der Waals surface area (Å²) < 4.78 is 10.5. The number of nitrogens with one attached hydrogen (secondary N) is 1. The molecule has 19 heavy (non-hydrogen) atoms. The van der Waals surface area contributed by atoms with Gasteiger partial charge in [-0.2, -0.15) is 0 Å². The number of carbonyl (C=O) groups is 1. The molecule has 1 amide bonds. The third-order valence-corrected chi connectivity index (χ3v) is 2.60.